The number of urea groups is 1. The van der Waals surface area contributed by atoms with Crippen molar-refractivity contribution in [2.75, 3.05) is 54.9 Å². The second-order valence-corrected chi connectivity index (χ2v) is 20.6. The highest BCUT2D eigenvalue weighted by molar-refractivity contribution is 8.00. The lowest BCUT2D eigenvalue weighted by Gasteiger charge is -2.19. The van der Waals surface area contributed by atoms with Crippen LogP contribution >= 0.6 is 11.8 Å². The van der Waals surface area contributed by atoms with Crippen molar-refractivity contribution in [2.45, 2.75) is 126 Å². The molecule has 6 rings (SSSR count). The molecule has 0 aliphatic carbocycles. The van der Waals surface area contributed by atoms with Gasteiger partial charge in [0.05, 0.1) is 30.5 Å². The first kappa shape index (κ1) is 60.7. The van der Waals surface area contributed by atoms with Gasteiger partial charge >= 0.3 is 18.0 Å². The molecule has 0 unspecified atom stereocenters. The molecule has 2 aliphatic heterocycles. The lowest BCUT2D eigenvalue weighted by Crippen LogP contribution is -2.47. The maximum absolute atomic E-state index is 13.5. The summed E-state index contributed by atoms with van der Waals surface area (Å²) < 4.78 is 0. The first-order valence-corrected chi connectivity index (χ1v) is 27.7. The normalized spacial score (nSPS) is 15.9. The van der Waals surface area contributed by atoms with E-state index in [1.807, 2.05) is 16.7 Å². The number of nitrogens with two attached hydrogens (primary N) is 1. The third-order valence-electron chi connectivity index (χ3n) is 13.3. The number of hydrogen-bond donors (Lipinski definition) is 11. The van der Waals surface area contributed by atoms with Crippen LogP contribution in [0.3, 0.4) is 0 Å². The van der Waals surface area contributed by atoms with Crippen molar-refractivity contribution in [3.8, 4) is 0 Å². The number of fused-ring (bicyclic) bond motifs is 2. The van der Waals surface area contributed by atoms with E-state index in [1.165, 1.54) is 36.4 Å². The van der Waals surface area contributed by atoms with Gasteiger partial charge in [0.25, 0.3) is 11.8 Å². The van der Waals surface area contributed by atoms with Crippen LogP contribution in [-0.4, -0.2) is 146 Å². The van der Waals surface area contributed by atoms with Gasteiger partial charge in [-0.3, -0.25) is 28.8 Å². The van der Waals surface area contributed by atoms with Crippen LogP contribution in [0.25, 0.3) is 21.6 Å². The van der Waals surface area contributed by atoms with Gasteiger partial charge in [-0.05, 0) is 99.7 Å². The summed E-state index contributed by atoms with van der Waals surface area (Å²) in [5.41, 5.74) is 17.6. The Morgan fingerprint density at radius 1 is 0.775 bits per heavy atom. The largest absolute Gasteiger partial charge is 0.481 e. The Morgan fingerprint density at radius 3 is 2.10 bits per heavy atom. The van der Waals surface area contributed by atoms with Crippen LogP contribution in [0, 0.1) is 0 Å². The highest BCUT2D eigenvalue weighted by atomic mass is 32.2. The van der Waals surface area contributed by atoms with E-state index in [0.717, 1.165) is 37.9 Å². The molecular formula is C52H69N17O10S. The summed E-state index contributed by atoms with van der Waals surface area (Å²) in [4.78, 5) is 121. The van der Waals surface area contributed by atoms with Crippen molar-refractivity contribution < 1.29 is 48.6 Å². The minimum atomic E-state index is -1.36. The molecular weight excluding hydrogens is 1050 g/mol. The van der Waals surface area contributed by atoms with Gasteiger partial charge in [0.1, 0.15) is 12.1 Å². The number of aromatic nitrogens is 4. The molecule has 2 aromatic carbocycles. The Bertz CT molecular complexity index is 2860. The second kappa shape index (κ2) is 31.2. The number of carbonyl (C=O) groups excluding carboxylic acids is 6. The molecule has 2 aliphatic rings. The fraction of sp³-hybridized carbons (Fsp3) is 0.500. The van der Waals surface area contributed by atoms with Crippen LogP contribution in [0.2, 0.25) is 0 Å². The van der Waals surface area contributed by atoms with E-state index in [0.29, 0.717) is 86.9 Å². The molecule has 2 saturated heterocycles. The molecule has 0 radical (unpaired) electrons. The SMILES string of the molecule is CN(Cc1cnc2nc(NCCCNC(=O)[C@@H](CCCCNC(=O)CCCCCNC(=O)CCCC[C@@H]3SC[C@H]4NC(=O)N[C@@H]34)NC(=O)c3ccc(N=[N+]=[N-])cc3)nc(N)c2n1)c1ccc(C(=O)N[C@H](CCC(=O)O)C(=O)O)cc1. The van der Waals surface area contributed by atoms with E-state index < -0.39 is 48.2 Å². The fourth-order valence-electron chi connectivity index (χ4n) is 8.92. The number of nitrogens with one attached hydrogen (secondary N) is 8. The van der Waals surface area contributed by atoms with Crippen LogP contribution in [0.5, 0.6) is 0 Å². The number of thioether (sulfide) groups is 1. The maximum Gasteiger partial charge on any atom is 0.326 e. The molecule has 4 heterocycles. The van der Waals surface area contributed by atoms with Gasteiger partial charge < -0.3 is 63.4 Å². The zero-order chi connectivity index (χ0) is 57.4. The van der Waals surface area contributed by atoms with Gasteiger partial charge in [0, 0.05) is 90.9 Å². The summed E-state index contributed by atoms with van der Waals surface area (Å²) in [7, 11) is 1.79. The van der Waals surface area contributed by atoms with Crippen molar-refractivity contribution >= 4 is 93.6 Å². The Kier molecular flexibility index (Phi) is 23.7. The number of rotatable bonds is 34. The summed E-state index contributed by atoms with van der Waals surface area (Å²) in [5.74, 6) is -2.92. The molecule has 0 bridgehead atoms. The predicted octanol–water partition coefficient (Wildman–Crippen LogP) is 4.03. The predicted molar refractivity (Wildman–Crippen MR) is 299 cm³/mol. The standard InChI is InChI=1S/C52H69N17O10S/c1-69(35-20-16-32(17-21-35)48(75)62-37(50(77)78)22-23-42(72)73)29-34-28-59-46-44(60-34)45(53)65-51(66-46)58-27-9-26-57-49(76)36(61-47(74)31-14-18-33(19-15-31)67-68-54)10-6-8-25-56-40(70)12-3-2-7-24-55-41(71)13-5-4-11-39-43-38(30-80-39)63-52(79)64-43/h14-21,28,36-39,43H,2-13,22-27,29-30H2,1H3,(H,55,71)(H,56,70)(H,57,76)(H,61,74)(H,62,75)(H,72,73)(H,77,78)(H2,63,64,79)(H3,53,58,59,65,66)/t36-,37-,38-,39+,43-/m1/s1. The number of anilines is 3. The number of unbranched alkanes of at least 4 members (excludes halogenated alkanes) is 4. The van der Waals surface area contributed by atoms with E-state index in [1.54, 1.807) is 25.4 Å². The molecule has 7 amide bonds. The van der Waals surface area contributed by atoms with Crippen molar-refractivity contribution in [1.29, 1.82) is 0 Å². The quantitative estimate of drug-likeness (QED) is 0.0103. The maximum atomic E-state index is 13.5. The van der Waals surface area contributed by atoms with Gasteiger partial charge in [-0.2, -0.15) is 21.7 Å². The highest BCUT2D eigenvalue weighted by Gasteiger charge is 2.42. The van der Waals surface area contributed by atoms with Crippen molar-refractivity contribution in [2.24, 2.45) is 5.11 Å². The van der Waals surface area contributed by atoms with Crippen LogP contribution < -0.4 is 53.2 Å². The zero-order valence-corrected chi connectivity index (χ0v) is 45.3. The van der Waals surface area contributed by atoms with Crippen molar-refractivity contribution in [3.63, 3.8) is 0 Å². The molecule has 28 heteroatoms. The van der Waals surface area contributed by atoms with E-state index in [2.05, 4.69) is 72.5 Å². The number of carboxylic acid groups (broad SMARTS) is 2. The minimum Gasteiger partial charge on any atom is -0.481 e. The topological polar surface area (TPSA) is 403 Å². The molecule has 2 fully saturated rings. The number of carbonyl (C=O) groups is 8. The number of azide groups is 1. The summed E-state index contributed by atoms with van der Waals surface area (Å²) in [6.45, 7) is 1.80. The number of hydrogen-bond acceptors (Lipinski definition) is 17. The number of benzene rings is 2. The highest BCUT2D eigenvalue weighted by Crippen LogP contribution is 2.33. The minimum absolute atomic E-state index is 0.0210. The van der Waals surface area contributed by atoms with Crippen LogP contribution in [0.4, 0.5) is 27.9 Å². The van der Waals surface area contributed by atoms with Gasteiger partial charge in [-0.15, -0.1) is 0 Å². The molecule has 2 aromatic heterocycles. The third-order valence-corrected chi connectivity index (χ3v) is 14.8. The first-order chi connectivity index (χ1) is 38.6. The number of carboxylic acids is 2. The van der Waals surface area contributed by atoms with Gasteiger partial charge in [0.15, 0.2) is 17.0 Å². The smallest absolute Gasteiger partial charge is 0.326 e. The molecule has 27 nitrogen and oxygen atoms in total. The molecule has 0 saturated carbocycles. The van der Waals surface area contributed by atoms with E-state index in [4.69, 9.17) is 16.4 Å². The Balaban J connectivity index is 0.878. The number of nitrogen functional groups attached to an aromatic ring is 1. The average molecular weight is 1120 g/mol. The molecule has 12 N–H and O–H groups in total. The second-order valence-electron chi connectivity index (χ2n) is 19.4. The summed E-state index contributed by atoms with van der Waals surface area (Å²) in [6, 6.07) is 10.4. The Morgan fingerprint density at radius 2 is 1.43 bits per heavy atom. The first-order valence-electron chi connectivity index (χ1n) is 26.6. The number of nitrogens with zero attached hydrogens (tertiary/aromatic N) is 8. The molecule has 428 valence electrons. The van der Waals surface area contributed by atoms with Gasteiger partial charge in [0.2, 0.25) is 23.7 Å². The van der Waals surface area contributed by atoms with E-state index in [-0.39, 0.29) is 83.5 Å². The monoisotopic (exact) mass is 1120 g/mol. The van der Waals surface area contributed by atoms with Gasteiger partial charge in [-0.1, -0.05) is 30.1 Å². The van der Waals surface area contributed by atoms with Gasteiger partial charge in [-0.25, -0.2) is 19.6 Å². The van der Waals surface area contributed by atoms with Crippen molar-refractivity contribution in [3.05, 3.63) is 82.0 Å². The Labute approximate surface area is 465 Å². The van der Waals surface area contributed by atoms with Crippen LogP contribution in [-0.2, 0) is 30.5 Å². The third kappa shape index (κ3) is 19.4. The molecule has 5 atom stereocenters. The summed E-state index contributed by atoms with van der Waals surface area (Å²) >= 11 is 1.87. The Hall–Kier alpha value is -8.52. The average Bonchev–Trinajstić information content (AvgIpc) is 4.04. The lowest BCUT2D eigenvalue weighted by atomic mass is 10.0. The lowest BCUT2D eigenvalue weighted by molar-refractivity contribution is -0.140. The molecule has 0 spiro atoms. The summed E-state index contributed by atoms with van der Waals surface area (Å²) in [5, 5.41) is 45.2. The fourth-order valence-corrected chi connectivity index (χ4v) is 10.5. The number of amides is 7. The summed E-state index contributed by atoms with van der Waals surface area (Å²) in [6.07, 6.45) is 8.41. The van der Waals surface area contributed by atoms with Crippen LogP contribution in [0.15, 0.2) is 59.8 Å². The van der Waals surface area contributed by atoms with E-state index in [9.17, 15) is 43.5 Å². The van der Waals surface area contributed by atoms with Crippen LogP contribution in [0.1, 0.15) is 116 Å². The molecule has 80 heavy (non-hydrogen) atoms. The van der Waals surface area contributed by atoms with E-state index >= 15 is 0 Å². The number of aliphatic carboxylic acids is 2. The molecule has 4 aromatic rings. The zero-order valence-electron chi connectivity index (χ0n) is 44.4. The van der Waals surface area contributed by atoms with Crippen molar-refractivity contribution in [1.82, 2.24) is 57.2 Å².